The van der Waals surface area contributed by atoms with E-state index in [0.29, 0.717) is 12.1 Å². The van der Waals surface area contributed by atoms with Crippen LogP contribution in [0.25, 0.3) is 0 Å². The zero-order valence-corrected chi connectivity index (χ0v) is 10.4. The SMILES string of the molecule is CCNC(CO)CN1C(C)CCCC1C. The Bertz CT molecular complexity index is 165. The molecule has 0 bridgehead atoms. The minimum Gasteiger partial charge on any atom is -0.395 e. The highest BCUT2D eigenvalue weighted by molar-refractivity contribution is 4.83. The van der Waals surface area contributed by atoms with Gasteiger partial charge in [-0.2, -0.15) is 0 Å². The van der Waals surface area contributed by atoms with Crippen molar-refractivity contribution in [3.05, 3.63) is 0 Å². The van der Waals surface area contributed by atoms with E-state index in [1.165, 1.54) is 19.3 Å². The summed E-state index contributed by atoms with van der Waals surface area (Å²) in [4.78, 5) is 2.53. The molecule has 0 amide bonds. The third kappa shape index (κ3) is 3.74. The average Bonchev–Trinajstić information content (AvgIpc) is 2.22. The molecular weight excluding hydrogens is 188 g/mol. The summed E-state index contributed by atoms with van der Waals surface area (Å²) >= 11 is 0. The van der Waals surface area contributed by atoms with E-state index in [4.69, 9.17) is 0 Å². The monoisotopic (exact) mass is 214 g/mol. The molecule has 3 nitrogen and oxygen atoms in total. The zero-order valence-electron chi connectivity index (χ0n) is 10.4. The Balaban J connectivity index is 2.45. The molecule has 0 aromatic carbocycles. The highest BCUT2D eigenvalue weighted by atomic mass is 16.3. The Morgan fingerprint density at radius 1 is 1.33 bits per heavy atom. The number of nitrogens with one attached hydrogen (secondary N) is 1. The van der Waals surface area contributed by atoms with Gasteiger partial charge in [0.25, 0.3) is 0 Å². The standard InChI is InChI=1S/C12H26N2O/c1-4-13-12(9-15)8-14-10(2)6-5-7-11(14)3/h10-13,15H,4-9H2,1-3H3. The van der Waals surface area contributed by atoms with Crippen molar-refractivity contribution in [3.8, 4) is 0 Å². The fourth-order valence-corrected chi connectivity index (χ4v) is 2.56. The summed E-state index contributed by atoms with van der Waals surface area (Å²) in [5, 5.41) is 12.6. The van der Waals surface area contributed by atoms with E-state index in [1.807, 2.05) is 0 Å². The van der Waals surface area contributed by atoms with Crippen LogP contribution < -0.4 is 5.32 Å². The third-order valence-corrected chi connectivity index (χ3v) is 3.52. The summed E-state index contributed by atoms with van der Waals surface area (Å²) in [6.45, 7) is 8.84. The predicted molar refractivity (Wildman–Crippen MR) is 64.0 cm³/mol. The summed E-state index contributed by atoms with van der Waals surface area (Å²) < 4.78 is 0. The van der Waals surface area contributed by atoms with Crippen molar-refractivity contribution in [2.24, 2.45) is 0 Å². The molecule has 3 atom stereocenters. The molecule has 0 aromatic heterocycles. The van der Waals surface area contributed by atoms with Crippen molar-refractivity contribution in [2.45, 2.75) is 58.2 Å². The van der Waals surface area contributed by atoms with Gasteiger partial charge in [0.2, 0.25) is 0 Å². The number of likely N-dealkylation sites (N-methyl/N-ethyl adjacent to an activating group) is 1. The quantitative estimate of drug-likeness (QED) is 0.722. The molecule has 1 aliphatic rings. The van der Waals surface area contributed by atoms with E-state index in [2.05, 4.69) is 31.0 Å². The molecule has 1 fully saturated rings. The lowest BCUT2D eigenvalue weighted by Crippen LogP contribution is -2.51. The second-order valence-electron chi connectivity index (χ2n) is 4.76. The van der Waals surface area contributed by atoms with Crippen molar-refractivity contribution >= 4 is 0 Å². The summed E-state index contributed by atoms with van der Waals surface area (Å²) in [6, 6.07) is 1.57. The van der Waals surface area contributed by atoms with Crippen LogP contribution in [0.4, 0.5) is 0 Å². The molecule has 15 heavy (non-hydrogen) atoms. The first-order valence-corrected chi connectivity index (χ1v) is 6.29. The van der Waals surface area contributed by atoms with Crippen LogP contribution in [0.15, 0.2) is 0 Å². The maximum absolute atomic E-state index is 9.27. The van der Waals surface area contributed by atoms with Gasteiger partial charge < -0.3 is 10.4 Å². The Labute approximate surface area is 93.9 Å². The Kier molecular flexibility index (Phi) is 5.58. The van der Waals surface area contributed by atoms with Crippen molar-refractivity contribution in [1.29, 1.82) is 0 Å². The molecule has 1 rings (SSSR count). The number of hydrogen-bond acceptors (Lipinski definition) is 3. The van der Waals surface area contributed by atoms with Gasteiger partial charge in [0.15, 0.2) is 0 Å². The molecular formula is C12H26N2O. The number of piperidine rings is 1. The minimum absolute atomic E-state index is 0.234. The summed E-state index contributed by atoms with van der Waals surface area (Å²) in [5.74, 6) is 0. The number of nitrogens with zero attached hydrogens (tertiary/aromatic N) is 1. The van der Waals surface area contributed by atoms with Gasteiger partial charge in [-0.15, -0.1) is 0 Å². The van der Waals surface area contributed by atoms with Crippen molar-refractivity contribution < 1.29 is 5.11 Å². The number of likely N-dealkylation sites (tertiary alicyclic amines) is 1. The van der Waals surface area contributed by atoms with Crippen LogP contribution >= 0.6 is 0 Å². The molecule has 0 spiro atoms. The molecule has 90 valence electrons. The first-order chi connectivity index (χ1) is 7.19. The van der Waals surface area contributed by atoms with E-state index in [1.54, 1.807) is 0 Å². The first-order valence-electron chi connectivity index (χ1n) is 6.29. The number of aliphatic hydroxyl groups excluding tert-OH is 1. The normalized spacial score (nSPS) is 30.4. The smallest absolute Gasteiger partial charge is 0.0597 e. The van der Waals surface area contributed by atoms with Crippen LogP contribution in [0.1, 0.15) is 40.0 Å². The lowest BCUT2D eigenvalue weighted by Gasteiger charge is -2.40. The topological polar surface area (TPSA) is 35.5 Å². The summed E-state index contributed by atoms with van der Waals surface area (Å²) in [6.07, 6.45) is 3.95. The van der Waals surface area contributed by atoms with E-state index >= 15 is 0 Å². The maximum atomic E-state index is 9.27. The van der Waals surface area contributed by atoms with Gasteiger partial charge >= 0.3 is 0 Å². The Morgan fingerprint density at radius 2 is 1.93 bits per heavy atom. The molecule has 1 aliphatic heterocycles. The number of aliphatic hydroxyl groups is 1. The molecule has 0 aliphatic carbocycles. The lowest BCUT2D eigenvalue weighted by atomic mass is 9.97. The second kappa shape index (κ2) is 6.46. The number of rotatable bonds is 5. The van der Waals surface area contributed by atoms with Crippen molar-refractivity contribution in [1.82, 2.24) is 10.2 Å². The minimum atomic E-state index is 0.234. The maximum Gasteiger partial charge on any atom is 0.0597 e. The molecule has 1 saturated heterocycles. The predicted octanol–water partition coefficient (Wildman–Crippen LogP) is 1.22. The Morgan fingerprint density at radius 3 is 2.40 bits per heavy atom. The summed E-state index contributed by atoms with van der Waals surface area (Å²) in [5.41, 5.74) is 0. The fraction of sp³-hybridized carbons (Fsp3) is 1.00. The Hall–Kier alpha value is -0.120. The fourth-order valence-electron chi connectivity index (χ4n) is 2.56. The molecule has 1 heterocycles. The van der Waals surface area contributed by atoms with Crippen LogP contribution in [0, 0.1) is 0 Å². The van der Waals surface area contributed by atoms with Crippen molar-refractivity contribution in [3.63, 3.8) is 0 Å². The van der Waals surface area contributed by atoms with Gasteiger partial charge in [-0.25, -0.2) is 0 Å². The average molecular weight is 214 g/mol. The molecule has 0 radical (unpaired) electrons. The molecule has 2 N–H and O–H groups in total. The highest BCUT2D eigenvalue weighted by Gasteiger charge is 2.26. The van der Waals surface area contributed by atoms with Gasteiger partial charge in [0.1, 0.15) is 0 Å². The van der Waals surface area contributed by atoms with Crippen LogP contribution in [-0.4, -0.2) is 47.8 Å². The van der Waals surface area contributed by atoms with Crippen LogP contribution in [0.3, 0.4) is 0 Å². The van der Waals surface area contributed by atoms with Crippen LogP contribution in [0.5, 0.6) is 0 Å². The largest absolute Gasteiger partial charge is 0.395 e. The molecule has 3 heteroatoms. The third-order valence-electron chi connectivity index (χ3n) is 3.52. The van der Waals surface area contributed by atoms with Gasteiger partial charge in [-0.3, -0.25) is 4.90 Å². The van der Waals surface area contributed by atoms with Gasteiger partial charge in [-0.05, 0) is 33.2 Å². The molecule has 3 unspecified atom stereocenters. The summed E-state index contributed by atoms with van der Waals surface area (Å²) in [7, 11) is 0. The van der Waals surface area contributed by atoms with Gasteiger partial charge in [-0.1, -0.05) is 13.3 Å². The van der Waals surface area contributed by atoms with Crippen LogP contribution in [0.2, 0.25) is 0 Å². The molecule has 0 saturated carbocycles. The zero-order chi connectivity index (χ0) is 11.3. The molecule has 0 aromatic rings. The van der Waals surface area contributed by atoms with E-state index in [0.717, 1.165) is 13.1 Å². The van der Waals surface area contributed by atoms with Gasteiger partial charge in [0, 0.05) is 24.7 Å². The van der Waals surface area contributed by atoms with E-state index in [9.17, 15) is 5.11 Å². The van der Waals surface area contributed by atoms with Gasteiger partial charge in [0.05, 0.1) is 6.61 Å². The lowest BCUT2D eigenvalue weighted by molar-refractivity contribution is 0.0787. The number of hydrogen-bond donors (Lipinski definition) is 2. The van der Waals surface area contributed by atoms with E-state index in [-0.39, 0.29) is 12.6 Å². The highest BCUT2D eigenvalue weighted by Crippen LogP contribution is 2.22. The van der Waals surface area contributed by atoms with E-state index < -0.39 is 0 Å². The van der Waals surface area contributed by atoms with Crippen LogP contribution in [-0.2, 0) is 0 Å². The second-order valence-corrected chi connectivity index (χ2v) is 4.76. The van der Waals surface area contributed by atoms with Crippen molar-refractivity contribution in [2.75, 3.05) is 19.7 Å². The first kappa shape index (κ1) is 12.9.